The number of rotatable bonds is 2. The van der Waals surface area contributed by atoms with E-state index in [1.165, 1.54) is 12.1 Å². The first-order valence-corrected chi connectivity index (χ1v) is 5.49. The van der Waals surface area contributed by atoms with Gasteiger partial charge in [0.05, 0.1) is 5.69 Å². The van der Waals surface area contributed by atoms with Gasteiger partial charge in [0.2, 0.25) is 0 Å². The summed E-state index contributed by atoms with van der Waals surface area (Å²) in [5, 5.41) is 6.33. The predicted octanol–water partition coefficient (Wildman–Crippen LogP) is 2.99. The zero-order chi connectivity index (χ0) is 13.3. The molecule has 0 bridgehead atoms. The number of amides is 1. The van der Waals surface area contributed by atoms with Gasteiger partial charge >= 0.3 is 0 Å². The van der Waals surface area contributed by atoms with E-state index in [-0.39, 0.29) is 11.7 Å². The van der Waals surface area contributed by atoms with Crippen LogP contribution in [0.2, 0.25) is 0 Å². The third-order valence-electron chi connectivity index (χ3n) is 2.56. The van der Waals surface area contributed by atoms with Crippen LogP contribution in [0, 0.1) is 26.6 Å². The van der Waals surface area contributed by atoms with Crippen LogP contribution in [0.5, 0.6) is 0 Å². The molecule has 94 valence electrons. The van der Waals surface area contributed by atoms with Crippen LogP contribution in [0.15, 0.2) is 22.7 Å². The fourth-order valence-electron chi connectivity index (χ4n) is 1.81. The molecule has 0 saturated carbocycles. The molecule has 5 heteroatoms. The number of carbonyl (C=O) groups is 1. The predicted molar refractivity (Wildman–Crippen MR) is 65.1 cm³/mol. The van der Waals surface area contributed by atoms with Crippen LogP contribution in [-0.2, 0) is 0 Å². The molecule has 1 aromatic carbocycles. The minimum absolute atomic E-state index is 0.351. The Labute approximate surface area is 104 Å². The Kier molecular flexibility index (Phi) is 3.14. The highest BCUT2D eigenvalue weighted by atomic mass is 19.1. The summed E-state index contributed by atoms with van der Waals surface area (Å²) in [6.45, 7) is 5.10. The molecule has 0 saturated heterocycles. The van der Waals surface area contributed by atoms with Crippen LogP contribution in [0.25, 0.3) is 0 Å². The molecular formula is C13H13FN2O2. The molecule has 2 aromatic rings. The Morgan fingerprint density at radius 3 is 2.56 bits per heavy atom. The molecule has 0 atom stereocenters. The van der Waals surface area contributed by atoms with Crippen molar-refractivity contribution in [3.05, 3.63) is 46.6 Å². The highest BCUT2D eigenvalue weighted by molar-refractivity contribution is 6.05. The number of hydrogen-bond acceptors (Lipinski definition) is 3. The monoisotopic (exact) mass is 248 g/mol. The molecule has 2 rings (SSSR count). The van der Waals surface area contributed by atoms with Gasteiger partial charge in [-0.1, -0.05) is 5.16 Å². The zero-order valence-corrected chi connectivity index (χ0v) is 10.4. The summed E-state index contributed by atoms with van der Waals surface area (Å²) in [5.41, 5.74) is 2.05. The summed E-state index contributed by atoms with van der Waals surface area (Å²) in [6, 6.07) is 4.35. The first kappa shape index (κ1) is 12.3. The number of carbonyl (C=O) groups excluding carboxylic acids is 1. The summed E-state index contributed by atoms with van der Waals surface area (Å²) < 4.78 is 18.1. The van der Waals surface area contributed by atoms with Crippen molar-refractivity contribution in [1.82, 2.24) is 5.16 Å². The number of hydrogen-bond donors (Lipinski definition) is 1. The number of aromatic nitrogens is 1. The lowest BCUT2D eigenvalue weighted by atomic mass is 10.1. The van der Waals surface area contributed by atoms with Crippen LogP contribution in [-0.4, -0.2) is 11.1 Å². The summed E-state index contributed by atoms with van der Waals surface area (Å²) in [6.07, 6.45) is 0. The standard InChI is InChI=1S/C13H13FN2O2/c1-7-4-10(14)6-11(5-7)15-13(17)12-8(2)16-18-9(12)3/h4-6H,1-3H3,(H,15,17). The van der Waals surface area contributed by atoms with E-state index in [2.05, 4.69) is 10.5 Å². The van der Waals surface area contributed by atoms with Crippen LogP contribution in [0.3, 0.4) is 0 Å². The van der Waals surface area contributed by atoms with Gasteiger partial charge in [0.15, 0.2) is 0 Å². The number of anilines is 1. The van der Waals surface area contributed by atoms with E-state index >= 15 is 0 Å². The van der Waals surface area contributed by atoms with Crippen LogP contribution in [0.1, 0.15) is 27.4 Å². The van der Waals surface area contributed by atoms with Crippen molar-refractivity contribution in [2.45, 2.75) is 20.8 Å². The van der Waals surface area contributed by atoms with Gasteiger partial charge in [0.1, 0.15) is 17.1 Å². The van der Waals surface area contributed by atoms with Crippen LogP contribution in [0.4, 0.5) is 10.1 Å². The highest BCUT2D eigenvalue weighted by Crippen LogP contribution is 2.17. The van der Waals surface area contributed by atoms with E-state index in [0.717, 1.165) is 5.56 Å². The molecule has 18 heavy (non-hydrogen) atoms. The molecule has 1 N–H and O–H groups in total. The van der Waals surface area contributed by atoms with Crippen molar-refractivity contribution in [3.8, 4) is 0 Å². The van der Waals surface area contributed by atoms with E-state index in [9.17, 15) is 9.18 Å². The van der Waals surface area contributed by atoms with E-state index < -0.39 is 0 Å². The van der Waals surface area contributed by atoms with Gasteiger partial charge in [-0.25, -0.2) is 4.39 Å². The summed E-state index contributed by atoms with van der Waals surface area (Å²) in [5.74, 6) is -0.293. The fourth-order valence-corrected chi connectivity index (χ4v) is 1.81. The third-order valence-corrected chi connectivity index (χ3v) is 2.56. The quantitative estimate of drug-likeness (QED) is 0.888. The lowest BCUT2D eigenvalue weighted by molar-refractivity contribution is 0.102. The minimum Gasteiger partial charge on any atom is -0.361 e. The van der Waals surface area contributed by atoms with Gasteiger partial charge in [-0.15, -0.1) is 0 Å². The average molecular weight is 248 g/mol. The lowest BCUT2D eigenvalue weighted by Gasteiger charge is -2.06. The third kappa shape index (κ3) is 2.40. The highest BCUT2D eigenvalue weighted by Gasteiger charge is 2.17. The van der Waals surface area contributed by atoms with E-state index in [1.807, 2.05) is 0 Å². The van der Waals surface area contributed by atoms with Crippen LogP contribution >= 0.6 is 0 Å². The Morgan fingerprint density at radius 1 is 1.28 bits per heavy atom. The SMILES string of the molecule is Cc1cc(F)cc(NC(=O)c2c(C)noc2C)c1. The van der Waals surface area contributed by atoms with Gasteiger partial charge in [-0.3, -0.25) is 4.79 Å². The minimum atomic E-state index is -0.385. The van der Waals surface area contributed by atoms with Crippen molar-refractivity contribution in [2.75, 3.05) is 5.32 Å². The maximum absolute atomic E-state index is 13.2. The molecule has 0 aliphatic rings. The van der Waals surface area contributed by atoms with Crippen molar-refractivity contribution in [3.63, 3.8) is 0 Å². The molecule has 0 aliphatic heterocycles. The Hall–Kier alpha value is -2.17. The van der Waals surface area contributed by atoms with Crippen molar-refractivity contribution >= 4 is 11.6 Å². The maximum Gasteiger partial charge on any atom is 0.261 e. The number of nitrogens with one attached hydrogen (secondary N) is 1. The first-order chi connectivity index (χ1) is 8.47. The summed E-state index contributed by atoms with van der Waals surface area (Å²) in [7, 11) is 0. The number of benzene rings is 1. The summed E-state index contributed by atoms with van der Waals surface area (Å²) in [4.78, 5) is 12.0. The maximum atomic E-state index is 13.2. The molecule has 1 amide bonds. The molecule has 0 radical (unpaired) electrons. The normalized spacial score (nSPS) is 10.4. The second-order valence-electron chi connectivity index (χ2n) is 4.17. The van der Waals surface area contributed by atoms with Gasteiger partial charge in [-0.2, -0.15) is 0 Å². The van der Waals surface area contributed by atoms with Gasteiger partial charge < -0.3 is 9.84 Å². The Balaban J connectivity index is 2.27. The van der Waals surface area contributed by atoms with Crippen molar-refractivity contribution < 1.29 is 13.7 Å². The van der Waals surface area contributed by atoms with Gasteiger partial charge in [0, 0.05) is 5.69 Å². The first-order valence-electron chi connectivity index (χ1n) is 5.49. The van der Waals surface area contributed by atoms with E-state index in [4.69, 9.17) is 4.52 Å². The number of aryl methyl sites for hydroxylation is 3. The fraction of sp³-hybridized carbons (Fsp3) is 0.231. The van der Waals surface area contributed by atoms with Gasteiger partial charge in [0.25, 0.3) is 5.91 Å². The molecule has 0 unspecified atom stereocenters. The molecular weight excluding hydrogens is 235 g/mol. The van der Waals surface area contributed by atoms with Crippen LogP contribution < -0.4 is 5.32 Å². The zero-order valence-electron chi connectivity index (χ0n) is 10.4. The molecule has 0 aliphatic carbocycles. The van der Waals surface area contributed by atoms with Crippen molar-refractivity contribution in [2.24, 2.45) is 0 Å². The second-order valence-corrected chi connectivity index (χ2v) is 4.17. The van der Waals surface area contributed by atoms with E-state index in [1.54, 1.807) is 26.8 Å². The van der Waals surface area contributed by atoms with E-state index in [0.29, 0.717) is 22.7 Å². The topological polar surface area (TPSA) is 55.1 Å². The smallest absolute Gasteiger partial charge is 0.261 e. The largest absolute Gasteiger partial charge is 0.361 e. The molecule has 0 fully saturated rings. The average Bonchev–Trinajstić information content (AvgIpc) is 2.56. The Morgan fingerprint density at radius 2 is 2.00 bits per heavy atom. The number of halogens is 1. The van der Waals surface area contributed by atoms with Gasteiger partial charge in [-0.05, 0) is 44.5 Å². The molecule has 4 nitrogen and oxygen atoms in total. The Bertz CT molecular complexity index is 565. The summed E-state index contributed by atoms with van der Waals surface area (Å²) >= 11 is 0. The second kappa shape index (κ2) is 4.60. The van der Waals surface area contributed by atoms with Crippen molar-refractivity contribution in [1.29, 1.82) is 0 Å². The molecule has 0 spiro atoms. The lowest BCUT2D eigenvalue weighted by Crippen LogP contribution is -2.13. The molecule has 1 aromatic heterocycles. The molecule has 1 heterocycles. The number of nitrogens with zero attached hydrogens (tertiary/aromatic N) is 1.